The molecule has 1 fully saturated rings. The zero-order valence-electron chi connectivity index (χ0n) is 13.5. The van der Waals surface area contributed by atoms with Gasteiger partial charge >= 0.3 is 5.97 Å². The molecule has 1 saturated carbocycles. The summed E-state index contributed by atoms with van der Waals surface area (Å²) in [5, 5.41) is 0.589. The van der Waals surface area contributed by atoms with Crippen molar-refractivity contribution < 1.29 is 14.3 Å². The Bertz CT molecular complexity index is 641. The summed E-state index contributed by atoms with van der Waals surface area (Å²) in [6.45, 7) is 0.325. The van der Waals surface area contributed by atoms with Crippen LogP contribution in [0.15, 0.2) is 46.4 Å². The number of ether oxygens (including phenoxy) is 1. The van der Waals surface area contributed by atoms with Crippen molar-refractivity contribution in [3.63, 3.8) is 0 Å². The van der Waals surface area contributed by atoms with Crippen LogP contribution in [0.5, 0.6) is 0 Å². The van der Waals surface area contributed by atoms with Gasteiger partial charge in [-0.25, -0.2) is 0 Å². The Morgan fingerprint density at radius 1 is 1.21 bits per heavy atom. The number of rotatable bonds is 5. The molecule has 0 N–H and O–H groups in total. The molecule has 2 aliphatic carbocycles. The molecule has 1 aromatic carbocycles. The van der Waals surface area contributed by atoms with E-state index in [1.54, 1.807) is 0 Å². The highest BCUT2D eigenvalue weighted by Crippen LogP contribution is 2.43. The number of carbonyl (C=O) groups is 2. The second-order valence-electron chi connectivity index (χ2n) is 6.29. The standard InChI is InChI=1S/C19H21BrO3S/c20-11-19(22)23-12-14-6-8-17(21)13-7-9-18(16(14)10-13)24-15-4-2-1-3-5-15/h1-5,13,18H,6-12H2/t13-,18-/m1/s1. The van der Waals surface area contributed by atoms with E-state index in [0.29, 0.717) is 24.1 Å². The van der Waals surface area contributed by atoms with E-state index < -0.39 is 0 Å². The highest BCUT2D eigenvalue weighted by atomic mass is 79.9. The van der Waals surface area contributed by atoms with Gasteiger partial charge in [-0.05, 0) is 43.4 Å². The molecule has 0 saturated heterocycles. The molecule has 1 aromatic rings. The fraction of sp³-hybridized carbons (Fsp3) is 0.474. The third-order valence-electron chi connectivity index (χ3n) is 4.75. The fourth-order valence-corrected chi connectivity index (χ4v) is 4.94. The first-order valence-electron chi connectivity index (χ1n) is 8.34. The zero-order chi connectivity index (χ0) is 16.9. The maximum atomic E-state index is 12.3. The van der Waals surface area contributed by atoms with Gasteiger partial charge in [0, 0.05) is 22.5 Å². The van der Waals surface area contributed by atoms with Crippen molar-refractivity contribution >= 4 is 39.4 Å². The van der Waals surface area contributed by atoms with Crippen LogP contribution in [0, 0.1) is 5.92 Å². The van der Waals surface area contributed by atoms with E-state index >= 15 is 0 Å². The molecule has 3 rings (SSSR count). The van der Waals surface area contributed by atoms with Crippen LogP contribution in [0.4, 0.5) is 0 Å². The molecule has 0 aromatic heterocycles. The molecule has 0 unspecified atom stereocenters. The Hall–Kier alpha value is -1.07. The largest absolute Gasteiger partial charge is 0.461 e. The summed E-state index contributed by atoms with van der Waals surface area (Å²) < 4.78 is 5.35. The molecule has 2 bridgehead atoms. The average molecular weight is 409 g/mol. The first-order valence-corrected chi connectivity index (χ1v) is 10.3. The Balaban J connectivity index is 1.81. The summed E-state index contributed by atoms with van der Waals surface area (Å²) in [6, 6.07) is 10.4. The molecular weight excluding hydrogens is 388 g/mol. The van der Waals surface area contributed by atoms with Crippen molar-refractivity contribution in [2.24, 2.45) is 5.92 Å². The summed E-state index contributed by atoms with van der Waals surface area (Å²) in [5.41, 5.74) is 2.50. The normalized spacial score (nSPS) is 23.8. The first kappa shape index (κ1) is 17.7. The quantitative estimate of drug-likeness (QED) is 0.407. The number of alkyl halides is 1. The van der Waals surface area contributed by atoms with Crippen LogP contribution in [-0.4, -0.2) is 28.9 Å². The van der Waals surface area contributed by atoms with Crippen molar-refractivity contribution in [2.45, 2.75) is 42.2 Å². The maximum absolute atomic E-state index is 12.3. The zero-order valence-corrected chi connectivity index (χ0v) is 15.9. The number of hydrogen-bond donors (Lipinski definition) is 0. The highest BCUT2D eigenvalue weighted by molar-refractivity contribution is 9.09. The highest BCUT2D eigenvalue weighted by Gasteiger charge is 2.34. The molecule has 0 spiro atoms. The van der Waals surface area contributed by atoms with Crippen molar-refractivity contribution in [3.05, 3.63) is 41.5 Å². The second-order valence-corrected chi connectivity index (χ2v) is 8.12. The molecule has 3 nitrogen and oxygen atoms in total. The number of ketones is 1. The predicted octanol–water partition coefficient (Wildman–Crippen LogP) is 4.55. The van der Waals surface area contributed by atoms with Gasteiger partial charge in [-0.3, -0.25) is 9.59 Å². The van der Waals surface area contributed by atoms with Crippen LogP contribution in [0.2, 0.25) is 0 Å². The van der Waals surface area contributed by atoms with Gasteiger partial charge in [-0.1, -0.05) is 39.7 Å². The molecule has 0 amide bonds. The van der Waals surface area contributed by atoms with E-state index in [9.17, 15) is 9.59 Å². The average Bonchev–Trinajstić information content (AvgIpc) is 2.74. The number of fused-ring (bicyclic) bond motifs is 2. The molecule has 0 heterocycles. The van der Waals surface area contributed by atoms with Crippen LogP contribution < -0.4 is 0 Å². The second kappa shape index (κ2) is 8.34. The Morgan fingerprint density at radius 2 is 2.00 bits per heavy atom. The van der Waals surface area contributed by atoms with Crippen LogP contribution in [0.3, 0.4) is 0 Å². The molecule has 0 radical (unpaired) electrons. The number of Topliss-reactive ketones (excluding diaryl/α,β-unsaturated/α-hetero) is 1. The fourth-order valence-electron chi connectivity index (χ4n) is 3.48. The lowest BCUT2D eigenvalue weighted by atomic mass is 9.83. The van der Waals surface area contributed by atoms with Gasteiger partial charge in [0.15, 0.2) is 0 Å². The van der Waals surface area contributed by atoms with Crippen LogP contribution in [0.1, 0.15) is 32.1 Å². The smallest absolute Gasteiger partial charge is 0.316 e. The Kier molecular flexibility index (Phi) is 6.17. The van der Waals surface area contributed by atoms with Crippen molar-refractivity contribution in [3.8, 4) is 0 Å². The van der Waals surface area contributed by atoms with E-state index in [2.05, 4.69) is 40.2 Å². The summed E-state index contributed by atoms with van der Waals surface area (Å²) in [6.07, 6.45) is 4.14. The third kappa shape index (κ3) is 4.31. The van der Waals surface area contributed by atoms with Crippen LogP contribution in [0.25, 0.3) is 0 Å². The molecule has 0 aliphatic heterocycles. The maximum Gasteiger partial charge on any atom is 0.316 e. The van der Waals surface area contributed by atoms with E-state index in [1.165, 1.54) is 10.5 Å². The molecule has 2 atom stereocenters. The monoisotopic (exact) mass is 408 g/mol. The summed E-state index contributed by atoms with van der Waals surface area (Å²) in [5.74, 6) is 0.285. The van der Waals surface area contributed by atoms with Gasteiger partial charge < -0.3 is 4.74 Å². The number of thioether (sulfide) groups is 1. The minimum absolute atomic E-state index is 0.164. The van der Waals surface area contributed by atoms with Gasteiger partial charge in [0.1, 0.15) is 17.7 Å². The van der Waals surface area contributed by atoms with Crippen molar-refractivity contribution in [2.75, 3.05) is 11.9 Å². The number of hydrogen-bond acceptors (Lipinski definition) is 4. The van der Waals surface area contributed by atoms with E-state index in [4.69, 9.17) is 4.74 Å². The predicted molar refractivity (Wildman–Crippen MR) is 99.4 cm³/mol. The number of esters is 1. The topological polar surface area (TPSA) is 43.4 Å². The lowest BCUT2D eigenvalue weighted by Gasteiger charge is -2.30. The molecule has 24 heavy (non-hydrogen) atoms. The number of benzene rings is 1. The van der Waals surface area contributed by atoms with Gasteiger partial charge in [0.2, 0.25) is 0 Å². The molecule has 2 aliphatic rings. The van der Waals surface area contributed by atoms with Crippen molar-refractivity contribution in [1.82, 2.24) is 0 Å². The van der Waals surface area contributed by atoms with E-state index in [1.807, 2.05) is 17.8 Å². The van der Waals surface area contributed by atoms with Gasteiger partial charge in [0.25, 0.3) is 0 Å². The van der Waals surface area contributed by atoms with Gasteiger partial charge in [-0.2, -0.15) is 0 Å². The third-order valence-corrected chi connectivity index (χ3v) is 6.56. The van der Waals surface area contributed by atoms with Crippen LogP contribution in [-0.2, 0) is 14.3 Å². The minimum Gasteiger partial charge on any atom is -0.461 e. The lowest BCUT2D eigenvalue weighted by molar-refractivity contribution is -0.139. The summed E-state index contributed by atoms with van der Waals surface area (Å²) in [4.78, 5) is 25.0. The summed E-state index contributed by atoms with van der Waals surface area (Å²) in [7, 11) is 0. The lowest BCUT2D eigenvalue weighted by Crippen LogP contribution is -2.24. The van der Waals surface area contributed by atoms with Gasteiger partial charge in [0.05, 0.1) is 0 Å². The SMILES string of the molecule is O=C(CBr)OCC1=C2C[C@@H](CC[C@H]2Sc2ccccc2)C(=O)CC1. The molecule has 128 valence electrons. The van der Waals surface area contributed by atoms with E-state index in [-0.39, 0.29) is 17.2 Å². The molecular formula is C19H21BrO3S. The Labute approximate surface area is 155 Å². The van der Waals surface area contributed by atoms with E-state index in [0.717, 1.165) is 31.3 Å². The minimum atomic E-state index is -0.252. The number of halogens is 1. The van der Waals surface area contributed by atoms with Gasteiger partial charge in [-0.15, -0.1) is 11.8 Å². The molecule has 5 heteroatoms. The Morgan fingerprint density at radius 3 is 2.75 bits per heavy atom. The first-order chi connectivity index (χ1) is 11.7. The summed E-state index contributed by atoms with van der Waals surface area (Å²) >= 11 is 4.99. The van der Waals surface area contributed by atoms with Crippen LogP contribution >= 0.6 is 27.7 Å². The van der Waals surface area contributed by atoms with Crippen molar-refractivity contribution in [1.29, 1.82) is 0 Å². The number of carbonyl (C=O) groups excluding carboxylic acids is 2.